The maximum Gasteiger partial charge on any atom is 0.416 e. The van der Waals surface area contributed by atoms with Gasteiger partial charge >= 0.3 is 6.18 Å². The summed E-state index contributed by atoms with van der Waals surface area (Å²) in [5.41, 5.74) is -0.477. The summed E-state index contributed by atoms with van der Waals surface area (Å²) in [7, 11) is 0. The number of halogens is 4. The molecule has 0 unspecified atom stereocenters. The number of nitrogens with one attached hydrogen (secondary N) is 3. The lowest BCUT2D eigenvalue weighted by Gasteiger charge is -2.16. The quantitative estimate of drug-likeness (QED) is 0.172. The molecule has 2 heterocycles. The topological polar surface area (TPSA) is 121 Å². The Kier molecular flexibility index (Phi) is 7.54. The highest BCUT2D eigenvalue weighted by molar-refractivity contribution is 5.99. The monoisotopic (exact) mass is 550 g/mol. The van der Waals surface area contributed by atoms with Crippen molar-refractivity contribution in [1.29, 1.82) is 5.26 Å². The van der Waals surface area contributed by atoms with Gasteiger partial charge in [0.1, 0.15) is 17.2 Å². The van der Waals surface area contributed by atoms with Gasteiger partial charge in [0, 0.05) is 17.4 Å². The lowest BCUT2D eigenvalue weighted by molar-refractivity contribution is -0.137. The molecule has 1 amide bonds. The van der Waals surface area contributed by atoms with E-state index in [1.54, 1.807) is 20.0 Å². The maximum atomic E-state index is 14.8. The number of benzene rings is 2. The van der Waals surface area contributed by atoms with Gasteiger partial charge in [0.15, 0.2) is 0 Å². The summed E-state index contributed by atoms with van der Waals surface area (Å²) in [5, 5.41) is 21.8. The summed E-state index contributed by atoms with van der Waals surface area (Å²) in [4.78, 5) is 20.4. The van der Waals surface area contributed by atoms with Gasteiger partial charge in [0.2, 0.25) is 11.9 Å². The van der Waals surface area contributed by atoms with Gasteiger partial charge in [-0.15, -0.1) is 0 Å². The standard InChI is InChI=1S/C27H22F4N8O/c1-4-23(40)35-18-9-10-21(28)22(11-18)37-24-20(16-5-7-17(8-6-16)27(29,30)31)13-33-25(38-24)36-19-12-34-39(14-19)26(2,3)15-32/h4-14H,1H2,2-3H3,(H,35,40)(H2,33,36,37,38). The van der Waals surface area contributed by atoms with Crippen LogP contribution in [-0.2, 0) is 16.5 Å². The van der Waals surface area contributed by atoms with Crippen molar-refractivity contribution in [2.75, 3.05) is 16.0 Å². The van der Waals surface area contributed by atoms with Gasteiger partial charge in [-0.05, 0) is 55.8 Å². The highest BCUT2D eigenvalue weighted by Crippen LogP contribution is 2.35. The highest BCUT2D eigenvalue weighted by Gasteiger charge is 2.30. The van der Waals surface area contributed by atoms with E-state index in [-0.39, 0.29) is 28.7 Å². The fraction of sp³-hybridized carbons (Fsp3) is 0.148. The zero-order valence-electron chi connectivity index (χ0n) is 21.2. The van der Waals surface area contributed by atoms with Crippen LogP contribution in [0.3, 0.4) is 0 Å². The maximum absolute atomic E-state index is 14.8. The van der Waals surface area contributed by atoms with Gasteiger partial charge in [-0.1, -0.05) is 18.7 Å². The van der Waals surface area contributed by atoms with Crippen molar-refractivity contribution in [2.24, 2.45) is 0 Å². The van der Waals surface area contributed by atoms with Gasteiger partial charge in [0.05, 0.1) is 35.4 Å². The second kappa shape index (κ2) is 10.9. The molecule has 2 aromatic heterocycles. The molecule has 204 valence electrons. The minimum absolute atomic E-state index is 0.0593. The number of nitrogens with zero attached hydrogens (tertiary/aromatic N) is 5. The fourth-order valence-electron chi connectivity index (χ4n) is 3.48. The summed E-state index contributed by atoms with van der Waals surface area (Å²) in [6, 6.07) is 10.3. The van der Waals surface area contributed by atoms with Crippen molar-refractivity contribution in [3.63, 3.8) is 0 Å². The number of anilines is 5. The molecule has 40 heavy (non-hydrogen) atoms. The predicted molar refractivity (Wildman–Crippen MR) is 141 cm³/mol. The van der Waals surface area contributed by atoms with Crippen molar-refractivity contribution < 1.29 is 22.4 Å². The molecule has 0 saturated carbocycles. The molecule has 9 nitrogen and oxygen atoms in total. The molecule has 0 fully saturated rings. The van der Waals surface area contributed by atoms with Gasteiger partial charge in [-0.3, -0.25) is 9.48 Å². The van der Waals surface area contributed by atoms with Crippen LogP contribution >= 0.6 is 0 Å². The van der Waals surface area contributed by atoms with Crippen molar-refractivity contribution in [1.82, 2.24) is 19.7 Å². The Morgan fingerprint density at radius 1 is 1.07 bits per heavy atom. The van der Waals surface area contributed by atoms with E-state index in [1.165, 1.54) is 41.3 Å². The van der Waals surface area contributed by atoms with Crippen LogP contribution in [0.5, 0.6) is 0 Å². The van der Waals surface area contributed by atoms with Crippen molar-refractivity contribution >= 4 is 34.7 Å². The third-order valence-electron chi connectivity index (χ3n) is 5.67. The Hall–Kier alpha value is -5.25. The minimum atomic E-state index is -4.52. The van der Waals surface area contributed by atoms with E-state index < -0.39 is 29.0 Å². The summed E-state index contributed by atoms with van der Waals surface area (Å²) >= 11 is 0. The number of carbonyl (C=O) groups excluding carboxylic acids is 1. The molecule has 4 aromatic rings. The van der Waals surface area contributed by atoms with Crippen LogP contribution in [-0.4, -0.2) is 25.7 Å². The van der Waals surface area contributed by atoms with Gasteiger partial charge < -0.3 is 16.0 Å². The van der Waals surface area contributed by atoms with Crippen molar-refractivity contribution in [3.8, 4) is 17.2 Å². The predicted octanol–water partition coefficient (Wildman–Crippen LogP) is 6.37. The molecule has 0 spiro atoms. The number of alkyl halides is 3. The molecule has 0 bridgehead atoms. The van der Waals surface area contributed by atoms with Gasteiger partial charge in [-0.2, -0.15) is 28.5 Å². The summed E-state index contributed by atoms with van der Waals surface area (Å²) in [5.74, 6) is -1.06. The number of carbonyl (C=O) groups is 1. The Morgan fingerprint density at radius 3 is 2.45 bits per heavy atom. The van der Waals surface area contributed by atoms with Crippen LogP contribution in [0.15, 0.2) is 73.7 Å². The zero-order valence-corrected chi connectivity index (χ0v) is 21.2. The molecule has 0 atom stereocenters. The lowest BCUT2D eigenvalue weighted by atomic mass is 10.1. The summed E-state index contributed by atoms with van der Waals surface area (Å²) < 4.78 is 55.5. The second-order valence-corrected chi connectivity index (χ2v) is 9.01. The Balaban J connectivity index is 1.73. The number of rotatable bonds is 8. The third kappa shape index (κ3) is 6.24. The molecule has 13 heteroatoms. The molecule has 3 N–H and O–H groups in total. The average Bonchev–Trinajstić information content (AvgIpc) is 3.40. The first-order valence-electron chi connectivity index (χ1n) is 11.7. The number of nitriles is 1. The molecule has 0 aliphatic rings. The minimum Gasteiger partial charge on any atom is -0.337 e. The second-order valence-electron chi connectivity index (χ2n) is 9.01. The first-order chi connectivity index (χ1) is 18.9. The largest absolute Gasteiger partial charge is 0.416 e. The molecular weight excluding hydrogens is 528 g/mol. The number of amides is 1. The van der Waals surface area contributed by atoms with E-state index in [1.807, 2.05) is 0 Å². The first-order valence-corrected chi connectivity index (χ1v) is 11.7. The number of hydrogen-bond donors (Lipinski definition) is 3. The Labute approximate surface area is 226 Å². The lowest BCUT2D eigenvalue weighted by Crippen LogP contribution is -2.24. The fourth-order valence-corrected chi connectivity index (χ4v) is 3.48. The van der Waals surface area contributed by atoms with E-state index >= 15 is 0 Å². The van der Waals surface area contributed by atoms with E-state index in [4.69, 9.17) is 0 Å². The van der Waals surface area contributed by atoms with E-state index in [0.29, 0.717) is 11.3 Å². The Bertz CT molecular complexity index is 1600. The van der Waals surface area contributed by atoms with E-state index in [9.17, 15) is 27.6 Å². The summed E-state index contributed by atoms with van der Waals surface area (Å²) in [6.45, 7) is 6.74. The number of hydrogen-bond acceptors (Lipinski definition) is 7. The SMILES string of the molecule is C=CC(=O)Nc1ccc(F)c(Nc2nc(Nc3cnn(C(C)(C)C#N)c3)ncc2-c2ccc(C(F)(F)F)cc2)c1. The van der Waals surface area contributed by atoms with Crippen LogP contribution < -0.4 is 16.0 Å². The summed E-state index contributed by atoms with van der Waals surface area (Å²) in [6.07, 6.45) is 0.945. The zero-order chi connectivity index (χ0) is 29.1. The number of aromatic nitrogens is 4. The van der Waals surface area contributed by atoms with Crippen molar-refractivity contribution in [3.05, 3.63) is 85.1 Å². The Morgan fingerprint density at radius 2 is 1.80 bits per heavy atom. The van der Waals surface area contributed by atoms with Crippen LogP contribution in [0.25, 0.3) is 11.1 Å². The molecule has 4 rings (SSSR count). The molecule has 0 aliphatic heterocycles. The third-order valence-corrected chi connectivity index (χ3v) is 5.67. The van der Waals surface area contributed by atoms with Gasteiger partial charge in [0.25, 0.3) is 0 Å². The molecule has 0 aliphatic carbocycles. The highest BCUT2D eigenvalue weighted by atomic mass is 19.4. The smallest absolute Gasteiger partial charge is 0.337 e. The normalized spacial score (nSPS) is 11.4. The van der Waals surface area contributed by atoms with E-state index in [2.05, 4.69) is 43.7 Å². The van der Waals surface area contributed by atoms with E-state index in [0.717, 1.165) is 24.3 Å². The van der Waals surface area contributed by atoms with Gasteiger partial charge in [-0.25, -0.2) is 9.37 Å². The average molecular weight is 551 g/mol. The van der Waals surface area contributed by atoms with Crippen LogP contribution in [0.4, 0.5) is 46.4 Å². The van der Waals surface area contributed by atoms with Crippen LogP contribution in [0, 0.1) is 17.1 Å². The molecule has 0 radical (unpaired) electrons. The van der Waals surface area contributed by atoms with Crippen LogP contribution in [0.1, 0.15) is 19.4 Å². The molecular formula is C27H22F4N8O. The molecule has 2 aromatic carbocycles. The van der Waals surface area contributed by atoms with Crippen LogP contribution in [0.2, 0.25) is 0 Å². The first kappa shape index (κ1) is 27.8. The van der Waals surface area contributed by atoms with Crippen molar-refractivity contribution in [2.45, 2.75) is 25.6 Å². The molecule has 0 saturated heterocycles.